The lowest BCUT2D eigenvalue weighted by Crippen LogP contribution is -2.01. The van der Waals surface area contributed by atoms with Crippen LogP contribution in [0.1, 0.15) is 36.1 Å². The first-order valence-corrected chi connectivity index (χ1v) is 11.4. The molecule has 4 heteroatoms. The second-order valence-electron chi connectivity index (χ2n) is 8.04. The molecule has 0 aliphatic heterocycles. The highest BCUT2D eigenvalue weighted by Gasteiger charge is 2.16. The lowest BCUT2D eigenvalue weighted by Gasteiger charge is -2.18. The smallest absolute Gasteiger partial charge is 0.134 e. The Hall–Kier alpha value is -3.92. The molecule has 0 unspecified atom stereocenters. The van der Waals surface area contributed by atoms with Crippen molar-refractivity contribution in [3.8, 4) is 23.0 Å². The summed E-state index contributed by atoms with van der Waals surface area (Å²) in [6, 6.07) is 27.7. The first-order valence-electron chi connectivity index (χ1n) is 11.4. The van der Waals surface area contributed by atoms with Gasteiger partial charge in [-0.25, -0.2) is 0 Å². The molecule has 4 aromatic rings. The van der Waals surface area contributed by atoms with Crippen molar-refractivity contribution < 1.29 is 9.47 Å². The third-order valence-corrected chi connectivity index (χ3v) is 5.70. The van der Waals surface area contributed by atoms with Crippen LogP contribution in [-0.4, -0.2) is 0 Å². The number of anilines is 2. The van der Waals surface area contributed by atoms with Gasteiger partial charge in [-0.15, -0.1) is 0 Å². The van der Waals surface area contributed by atoms with E-state index in [1.54, 1.807) is 0 Å². The molecule has 4 aromatic carbocycles. The Kier molecular flexibility index (Phi) is 6.84. The molecular formula is C29H30N2O2. The average molecular weight is 439 g/mol. The molecule has 0 radical (unpaired) electrons. The van der Waals surface area contributed by atoms with Crippen molar-refractivity contribution in [1.82, 2.24) is 0 Å². The number of para-hydroxylation sites is 2. The minimum atomic E-state index is 0.691. The molecule has 4 N–H and O–H groups in total. The van der Waals surface area contributed by atoms with Gasteiger partial charge in [-0.05, 0) is 83.6 Å². The van der Waals surface area contributed by atoms with Gasteiger partial charge in [0.05, 0.1) is 0 Å². The number of nitrogen functional groups attached to an aromatic ring is 2. The van der Waals surface area contributed by atoms with Crippen LogP contribution in [0.25, 0.3) is 0 Å². The first-order chi connectivity index (χ1) is 16.1. The van der Waals surface area contributed by atoms with Crippen molar-refractivity contribution >= 4 is 11.4 Å². The Morgan fingerprint density at radius 2 is 0.879 bits per heavy atom. The van der Waals surface area contributed by atoms with Gasteiger partial charge in [-0.2, -0.15) is 0 Å². The standard InChI is InChI=1S/C29H30N2O2/c1-3-20-7-5-9-22(28(20)32-26-15-11-24(30)12-16-26)19-23-10-6-8-21(4-2)29(23)33-27-17-13-25(31)14-18-27/h5-18H,3-4,19,30-31H2,1-2H3. The van der Waals surface area contributed by atoms with Crippen LogP contribution in [0.3, 0.4) is 0 Å². The third-order valence-electron chi connectivity index (χ3n) is 5.70. The zero-order valence-corrected chi connectivity index (χ0v) is 19.2. The fourth-order valence-corrected chi connectivity index (χ4v) is 3.89. The van der Waals surface area contributed by atoms with E-state index in [2.05, 4.69) is 50.2 Å². The summed E-state index contributed by atoms with van der Waals surface area (Å²) in [6.45, 7) is 4.28. The van der Waals surface area contributed by atoms with E-state index in [0.29, 0.717) is 17.8 Å². The van der Waals surface area contributed by atoms with Gasteiger partial charge in [0.1, 0.15) is 23.0 Å². The molecule has 0 heterocycles. The summed E-state index contributed by atoms with van der Waals surface area (Å²) in [6.07, 6.45) is 2.44. The average Bonchev–Trinajstić information content (AvgIpc) is 2.83. The Morgan fingerprint density at radius 3 is 1.24 bits per heavy atom. The van der Waals surface area contributed by atoms with Gasteiger partial charge in [0, 0.05) is 17.8 Å². The molecule has 0 saturated heterocycles. The van der Waals surface area contributed by atoms with Crippen LogP contribution in [0.5, 0.6) is 23.0 Å². The van der Waals surface area contributed by atoms with Gasteiger partial charge in [0.25, 0.3) is 0 Å². The van der Waals surface area contributed by atoms with Gasteiger partial charge in [0.15, 0.2) is 0 Å². The van der Waals surface area contributed by atoms with Crippen LogP contribution in [-0.2, 0) is 19.3 Å². The summed E-state index contributed by atoms with van der Waals surface area (Å²) in [5.74, 6) is 3.33. The summed E-state index contributed by atoms with van der Waals surface area (Å²) < 4.78 is 12.8. The van der Waals surface area contributed by atoms with Crippen LogP contribution in [0.2, 0.25) is 0 Å². The fraction of sp³-hybridized carbons (Fsp3) is 0.172. The molecule has 0 aliphatic rings. The highest BCUT2D eigenvalue weighted by atomic mass is 16.5. The molecule has 0 aromatic heterocycles. The van der Waals surface area contributed by atoms with Crippen LogP contribution in [0.15, 0.2) is 84.9 Å². The summed E-state index contributed by atoms with van der Waals surface area (Å²) in [5, 5.41) is 0. The predicted octanol–water partition coefficient (Wildman–Crippen LogP) is 7.15. The molecule has 33 heavy (non-hydrogen) atoms. The largest absolute Gasteiger partial charge is 0.457 e. The predicted molar refractivity (Wildman–Crippen MR) is 136 cm³/mol. The van der Waals surface area contributed by atoms with E-state index < -0.39 is 0 Å². The van der Waals surface area contributed by atoms with Crippen molar-refractivity contribution in [1.29, 1.82) is 0 Å². The molecule has 168 valence electrons. The van der Waals surface area contributed by atoms with E-state index in [-0.39, 0.29) is 0 Å². The van der Waals surface area contributed by atoms with Crippen molar-refractivity contribution in [3.05, 3.63) is 107 Å². The molecule has 0 atom stereocenters. The van der Waals surface area contributed by atoms with Crippen LogP contribution in [0.4, 0.5) is 11.4 Å². The summed E-state index contributed by atoms with van der Waals surface area (Å²) in [4.78, 5) is 0. The van der Waals surface area contributed by atoms with Crippen molar-refractivity contribution in [2.75, 3.05) is 11.5 Å². The minimum absolute atomic E-state index is 0.691. The van der Waals surface area contributed by atoms with Crippen molar-refractivity contribution in [2.45, 2.75) is 33.1 Å². The Bertz CT molecular complexity index is 1120. The van der Waals surface area contributed by atoms with Gasteiger partial charge in [-0.1, -0.05) is 50.2 Å². The SMILES string of the molecule is CCc1cccc(Cc2cccc(CC)c2Oc2ccc(N)cc2)c1Oc1ccc(N)cc1. The van der Waals surface area contributed by atoms with E-state index in [4.69, 9.17) is 20.9 Å². The number of benzene rings is 4. The molecule has 4 nitrogen and oxygen atoms in total. The summed E-state index contributed by atoms with van der Waals surface area (Å²) in [7, 11) is 0. The topological polar surface area (TPSA) is 70.5 Å². The number of rotatable bonds is 8. The molecular weight excluding hydrogens is 408 g/mol. The second kappa shape index (κ2) is 10.1. The maximum atomic E-state index is 6.38. The highest BCUT2D eigenvalue weighted by Crippen LogP contribution is 2.36. The van der Waals surface area contributed by atoms with E-state index in [1.165, 1.54) is 0 Å². The fourth-order valence-electron chi connectivity index (χ4n) is 3.89. The third kappa shape index (κ3) is 5.29. The first kappa shape index (κ1) is 22.3. The zero-order valence-electron chi connectivity index (χ0n) is 19.2. The van der Waals surface area contributed by atoms with Gasteiger partial charge >= 0.3 is 0 Å². The lowest BCUT2D eigenvalue weighted by atomic mass is 9.97. The Morgan fingerprint density at radius 1 is 0.515 bits per heavy atom. The lowest BCUT2D eigenvalue weighted by molar-refractivity contribution is 0.465. The monoisotopic (exact) mass is 438 g/mol. The Labute approximate surface area is 195 Å². The van der Waals surface area contributed by atoms with Crippen molar-refractivity contribution in [2.24, 2.45) is 0 Å². The van der Waals surface area contributed by atoms with Gasteiger partial charge in [-0.3, -0.25) is 0 Å². The number of hydrogen-bond acceptors (Lipinski definition) is 4. The summed E-state index contributed by atoms with van der Waals surface area (Å²) in [5.41, 5.74) is 17.7. The molecule has 0 amide bonds. The Balaban J connectivity index is 1.71. The maximum Gasteiger partial charge on any atom is 0.134 e. The van der Waals surface area contributed by atoms with E-state index >= 15 is 0 Å². The molecule has 0 spiro atoms. The second-order valence-corrected chi connectivity index (χ2v) is 8.04. The van der Waals surface area contributed by atoms with Crippen molar-refractivity contribution in [3.63, 3.8) is 0 Å². The summed E-state index contributed by atoms with van der Waals surface area (Å²) >= 11 is 0. The number of hydrogen-bond donors (Lipinski definition) is 2. The van der Waals surface area contributed by atoms with Crippen LogP contribution >= 0.6 is 0 Å². The van der Waals surface area contributed by atoms with E-state index in [0.717, 1.165) is 58.1 Å². The molecule has 0 saturated carbocycles. The van der Waals surface area contributed by atoms with Crippen LogP contribution in [0, 0.1) is 0 Å². The number of nitrogens with two attached hydrogens (primary N) is 2. The molecule has 0 fully saturated rings. The minimum Gasteiger partial charge on any atom is -0.457 e. The normalized spacial score (nSPS) is 10.7. The highest BCUT2D eigenvalue weighted by molar-refractivity contribution is 5.52. The molecule has 4 rings (SSSR count). The van der Waals surface area contributed by atoms with E-state index in [9.17, 15) is 0 Å². The molecule has 0 bridgehead atoms. The van der Waals surface area contributed by atoms with Crippen LogP contribution < -0.4 is 20.9 Å². The van der Waals surface area contributed by atoms with Gasteiger partial charge in [0.2, 0.25) is 0 Å². The molecule has 0 aliphatic carbocycles. The zero-order chi connectivity index (χ0) is 23.2. The number of aryl methyl sites for hydroxylation is 2. The maximum absolute atomic E-state index is 6.38. The van der Waals surface area contributed by atoms with Gasteiger partial charge < -0.3 is 20.9 Å². The number of ether oxygens (including phenoxy) is 2. The van der Waals surface area contributed by atoms with E-state index in [1.807, 2.05) is 48.5 Å². The quantitative estimate of drug-likeness (QED) is 0.287.